The number of hydrogen-bond acceptors (Lipinski definition) is 3. The van der Waals surface area contributed by atoms with Crippen LogP contribution in [0.1, 0.15) is 45.4 Å². The first-order valence-corrected chi connectivity index (χ1v) is 8.95. The molecule has 0 aromatic heterocycles. The minimum atomic E-state index is -0.385. The molecule has 22 heavy (non-hydrogen) atoms. The minimum Gasteiger partial charge on any atom is -0.344 e. The summed E-state index contributed by atoms with van der Waals surface area (Å²) in [6.45, 7) is 5.71. The summed E-state index contributed by atoms with van der Waals surface area (Å²) in [7, 11) is 0. The van der Waals surface area contributed by atoms with Gasteiger partial charge in [-0.1, -0.05) is 12.8 Å². The zero-order valence-electron chi connectivity index (χ0n) is 13.6. The second-order valence-electron chi connectivity index (χ2n) is 7.29. The molecule has 1 aliphatic carbocycles. The zero-order valence-corrected chi connectivity index (χ0v) is 13.6. The maximum atomic E-state index is 12.6. The van der Waals surface area contributed by atoms with Crippen molar-refractivity contribution in [2.24, 2.45) is 17.8 Å². The number of nitrogens with zero attached hydrogens (tertiary/aromatic N) is 1. The van der Waals surface area contributed by atoms with Gasteiger partial charge in [0.05, 0.1) is 0 Å². The highest BCUT2D eigenvalue weighted by Crippen LogP contribution is 2.27. The molecule has 2 aliphatic heterocycles. The Morgan fingerprint density at radius 3 is 2.23 bits per heavy atom. The van der Waals surface area contributed by atoms with Gasteiger partial charge < -0.3 is 15.5 Å². The molecular formula is C17H29N3O2. The average molecular weight is 307 g/mol. The lowest BCUT2D eigenvalue weighted by Gasteiger charge is -2.25. The van der Waals surface area contributed by atoms with E-state index in [1.807, 2.05) is 11.8 Å². The van der Waals surface area contributed by atoms with Crippen LogP contribution in [-0.4, -0.2) is 48.9 Å². The molecule has 0 bridgehead atoms. The van der Waals surface area contributed by atoms with Gasteiger partial charge in [-0.3, -0.25) is 9.59 Å². The zero-order chi connectivity index (χ0) is 15.5. The Morgan fingerprint density at radius 1 is 1.05 bits per heavy atom. The van der Waals surface area contributed by atoms with Crippen LogP contribution >= 0.6 is 0 Å². The van der Waals surface area contributed by atoms with Crippen LogP contribution in [0.15, 0.2) is 0 Å². The molecule has 3 rings (SSSR count). The molecule has 2 heterocycles. The van der Waals surface area contributed by atoms with Gasteiger partial charge in [-0.2, -0.15) is 0 Å². The normalized spacial score (nSPS) is 30.7. The summed E-state index contributed by atoms with van der Waals surface area (Å²) in [5.41, 5.74) is 0. The van der Waals surface area contributed by atoms with E-state index in [2.05, 4.69) is 10.6 Å². The Bertz CT molecular complexity index is 406. The first-order chi connectivity index (χ1) is 10.6. The van der Waals surface area contributed by atoms with Crippen molar-refractivity contribution in [3.05, 3.63) is 0 Å². The van der Waals surface area contributed by atoms with Crippen molar-refractivity contribution in [1.82, 2.24) is 15.5 Å². The number of carbonyl (C=O) groups excluding carboxylic acids is 2. The van der Waals surface area contributed by atoms with Crippen LogP contribution < -0.4 is 10.6 Å². The largest absolute Gasteiger partial charge is 0.344 e. The highest BCUT2D eigenvalue weighted by atomic mass is 16.2. The molecule has 0 aromatic carbocycles. The van der Waals surface area contributed by atoms with Crippen LogP contribution in [0.4, 0.5) is 0 Å². The Labute approximate surface area is 133 Å². The van der Waals surface area contributed by atoms with Crippen molar-refractivity contribution in [1.29, 1.82) is 0 Å². The van der Waals surface area contributed by atoms with E-state index in [0.29, 0.717) is 0 Å². The standard InChI is InChI=1S/C17H29N3O2/c1-12(19-16(21)13-4-2-3-5-13)17(22)20-8-6-14-10-18-11-15(14)7-9-20/h12-15,18H,2-11H2,1H3,(H,19,21)/t12?,14-,15+. The lowest BCUT2D eigenvalue weighted by molar-refractivity contribution is -0.137. The number of carbonyl (C=O) groups is 2. The summed E-state index contributed by atoms with van der Waals surface area (Å²) < 4.78 is 0. The minimum absolute atomic E-state index is 0.0780. The molecule has 2 amide bonds. The molecule has 3 atom stereocenters. The van der Waals surface area contributed by atoms with Crippen LogP contribution in [0.5, 0.6) is 0 Å². The molecule has 3 aliphatic rings. The lowest BCUT2D eigenvalue weighted by atomic mass is 9.92. The van der Waals surface area contributed by atoms with Crippen LogP contribution in [0.3, 0.4) is 0 Å². The van der Waals surface area contributed by atoms with Crippen molar-refractivity contribution in [3.8, 4) is 0 Å². The average Bonchev–Trinajstić information content (AvgIpc) is 3.15. The summed E-state index contributed by atoms with van der Waals surface area (Å²) >= 11 is 0. The van der Waals surface area contributed by atoms with Gasteiger partial charge in [0.2, 0.25) is 11.8 Å². The summed E-state index contributed by atoms with van der Waals surface area (Å²) in [6.07, 6.45) is 6.42. The number of likely N-dealkylation sites (tertiary alicyclic amines) is 1. The Kier molecular flexibility index (Phi) is 5.01. The molecule has 124 valence electrons. The Hall–Kier alpha value is -1.10. The van der Waals surface area contributed by atoms with E-state index in [4.69, 9.17) is 0 Å². The molecule has 2 N–H and O–H groups in total. The van der Waals surface area contributed by atoms with Crippen LogP contribution in [-0.2, 0) is 9.59 Å². The maximum Gasteiger partial charge on any atom is 0.244 e. The molecule has 5 nitrogen and oxygen atoms in total. The van der Waals surface area contributed by atoms with Gasteiger partial charge in [0.25, 0.3) is 0 Å². The van der Waals surface area contributed by atoms with E-state index in [9.17, 15) is 9.59 Å². The van der Waals surface area contributed by atoms with E-state index in [1.54, 1.807) is 0 Å². The Morgan fingerprint density at radius 2 is 1.64 bits per heavy atom. The quantitative estimate of drug-likeness (QED) is 0.822. The smallest absolute Gasteiger partial charge is 0.244 e. The van der Waals surface area contributed by atoms with E-state index in [-0.39, 0.29) is 23.8 Å². The fraction of sp³-hybridized carbons (Fsp3) is 0.882. The van der Waals surface area contributed by atoms with Crippen molar-refractivity contribution in [2.75, 3.05) is 26.2 Å². The number of fused-ring (bicyclic) bond motifs is 1. The molecule has 5 heteroatoms. The van der Waals surface area contributed by atoms with Gasteiger partial charge in [-0.25, -0.2) is 0 Å². The number of rotatable bonds is 3. The third-order valence-electron chi connectivity index (χ3n) is 5.79. The first-order valence-electron chi connectivity index (χ1n) is 8.95. The van der Waals surface area contributed by atoms with Crippen molar-refractivity contribution < 1.29 is 9.59 Å². The summed E-state index contributed by atoms with van der Waals surface area (Å²) in [5, 5.41) is 6.40. The van der Waals surface area contributed by atoms with E-state index in [1.165, 1.54) is 0 Å². The molecule has 0 spiro atoms. The predicted molar refractivity (Wildman–Crippen MR) is 85.2 cm³/mol. The highest BCUT2D eigenvalue weighted by Gasteiger charge is 2.33. The maximum absolute atomic E-state index is 12.6. The number of nitrogens with one attached hydrogen (secondary N) is 2. The van der Waals surface area contributed by atoms with Gasteiger partial charge in [0.1, 0.15) is 6.04 Å². The molecule has 2 saturated heterocycles. The summed E-state index contributed by atoms with van der Waals surface area (Å²) in [5.74, 6) is 1.75. The first kappa shape index (κ1) is 15.8. The van der Waals surface area contributed by atoms with Gasteiger partial charge >= 0.3 is 0 Å². The van der Waals surface area contributed by atoms with E-state index < -0.39 is 0 Å². The molecule has 3 fully saturated rings. The van der Waals surface area contributed by atoms with Gasteiger partial charge in [-0.05, 0) is 57.5 Å². The number of amides is 2. The van der Waals surface area contributed by atoms with E-state index in [0.717, 1.165) is 76.5 Å². The van der Waals surface area contributed by atoms with E-state index >= 15 is 0 Å². The Balaban J connectivity index is 1.50. The molecule has 0 aromatic rings. The van der Waals surface area contributed by atoms with Crippen molar-refractivity contribution in [2.45, 2.75) is 51.5 Å². The van der Waals surface area contributed by atoms with Crippen LogP contribution in [0.25, 0.3) is 0 Å². The second kappa shape index (κ2) is 6.99. The third-order valence-corrected chi connectivity index (χ3v) is 5.79. The topological polar surface area (TPSA) is 61.4 Å². The second-order valence-corrected chi connectivity index (χ2v) is 7.29. The van der Waals surface area contributed by atoms with Gasteiger partial charge in [-0.15, -0.1) is 0 Å². The fourth-order valence-corrected chi connectivity index (χ4v) is 4.29. The van der Waals surface area contributed by atoms with Gasteiger partial charge in [0.15, 0.2) is 0 Å². The molecule has 0 radical (unpaired) electrons. The third kappa shape index (κ3) is 3.45. The van der Waals surface area contributed by atoms with Gasteiger partial charge in [0, 0.05) is 19.0 Å². The van der Waals surface area contributed by atoms with Crippen molar-refractivity contribution >= 4 is 11.8 Å². The van der Waals surface area contributed by atoms with Crippen LogP contribution in [0.2, 0.25) is 0 Å². The molecular weight excluding hydrogens is 278 g/mol. The van der Waals surface area contributed by atoms with Crippen LogP contribution in [0, 0.1) is 17.8 Å². The lowest BCUT2D eigenvalue weighted by Crippen LogP contribution is -2.48. The highest BCUT2D eigenvalue weighted by molar-refractivity contribution is 5.88. The summed E-state index contributed by atoms with van der Waals surface area (Å²) in [4.78, 5) is 26.8. The SMILES string of the molecule is CC(NC(=O)C1CCCC1)C(=O)N1CC[C@@H]2CNC[C@@H]2CC1. The monoisotopic (exact) mass is 307 g/mol. The molecule has 1 saturated carbocycles. The molecule has 1 unspecified atom stereocenters. The number of hydrogen-bond donors (Lipinski definition) is 2. The predicted octanol–water partition coefficient (Wildman–Crippen LogP) is 1.14. The van der Waals surface area contributed by atoms with Crippen molar-refractivity contribution in [3.63, 3.8) is 0 Å². The fourth-order valence-electron chi connectivity index (χ4n) is 4.29. The summed E-state index contributed by atoms with van der Waals surface area (Å²) in [6, 6.07) is -0.385.